The average Bonchev–Trinajstić information content (AvgIpc) is 2.35. The minimum absolute atomic E-state index is 0.0454. The Labute approximate surface area is 113 Å². The third-order valence-electron chi connectivity index (χ3n) is 2.53. The molecule has 0 aliphatic rings. The standard InChI is InChI=1S/C14H21N3O2/c1-14(2,3)13(19)17-11-7-5-6-10(8-11)16-9-12(18)15-4/h5-8,16H,9H2,1-4H3,(H,15,18)(H,17,19). The number of anilines is 2. The number of hydrogen-bond acceptors (Lipinski definition) is 3. The van der Waals surface area contributed by atoms with Gasteiger partial charge in [0.25, 0.3) is 0 Å². The smallest absolute Gasteiger partial charge is 0.239 e. The summed E-state index contributed by atoms with van der Waals surface area (Å²) in [4.78, 5) is 23.0. The van der Waals surface area contributed by atoms with Gasteiger partial charge in [-0.05, 0) is 18.2 Å². The third kappa shape index (κ3) is 4.99. The quantitative estimate of drug-likeness (QED) is 0.776. The summed E-state index contributed by atoms with van der Waals surface area (Å²) in [6.45, 7) is 5.77. The Balaban J connectivity index is 2.67. The van der Waals surface area contributed by atoms with Crippen molar-refractivity contribution >= 4 is 23.2 Å². The van der Waals surface area contributed by atoms with Gasteiger partial charge in [0.05, 0.1) is 6.54 Å². The minimum atomic E-state index is -0.439. The van der Waals surface area contributed by atoms with E-state index in [2.05, 4.69) is 16.0 Å². The fourth-order valence-electron chi connectivity index (χ4n) is 1.30. The summed E-state index contributed by atoms with van der Waals surface area (Å²) in [6, 6.07) is 7.28. The maximum absolute atomic E-state index is 11.9. The third-order valence-corrected chi connectivity index (χ3v) is 2.53. The second-order valence-electron chi connectivity index (χ2n) is 5.31. The van der Waals surface area contributed by atoms with Gasteiger partial charge in [0.15, 0.2) is 0 Å². The van der Waals surface area contributed by atoms with Gasteiger partial charge in [-0.1, -0.05) is 26.8 Å². The van der Waals surface area contributed by atoms with Gasteiger partial charge in [0, 0.05) is 23.8 Å². The molecule has 104 valence electrons. The Hall–Kier alpha value is -2.04. The summed E-state index contributed by atoms with van der Waals surface area (Å²) >= 11 is 0. The Bertz CT molecular complexity index is 464. The molecule has 0 aromatic heterocycles. The summed E-state index contributed by atoms with van der Waals surface area (Å²) in [5.41, 5.74) is 1.06. The minimum Gasteiger partial charge on any atom is -0.376 e. The molecule has 3 N–H and O–H groups in total. The summed E-state index contributed by atoms with van der Waals surface area (Å²) in [5.74, 6) is -0.139. The highest BCUT2D eigenvalue weighted by molar-refractivity contribution is 5.95. The van der Waals surface area contributed by atoms with Crippen molar-refractivity contribution in [3.63, 3.8) is 0 Å². The van der Waals surface area contributed by atoms with E-state index in [0.29, 0.717) is 5.69 Å². The van der Waals surface area contributed by atoms with Crippen LogP contribution in [0.15, 0.2) is 24.3 Å². The largest absolute Gasteiger partial charge is 0.376 e. The molecule has 19 heavy (non-hydrogen) atoms. The molecule has 5 nitrogen and oxygen atoms in total. The van der Waals surface area contributed by atoms with Gasteiger partial charge < -0.3 is 16.0 Å². The molecule has 0 saturated heterocycles. The first-order valence-corrected chi connectivity index (χ1v) is 6.19. The molecule has 0 atom stereocenters. The molecule has 0 spiro atoms. The summed E-state index contributed by atoms with van der Waals surface area (Å²) < 4.78 is 0. The zero-order chi connectivity index (χ0) is 14.5. The van der Waals surface area contributed by atoms with E-state index in [1.165, 1.54) is 0 Å². The molecule has 0 aliphatic carbocycles. The van der Waals surface area contributed by atoms with Crippen molar-refractivity contribution in [1.29, 1.82) is 0 Å². The molecule has 0 unspecified atom stereocenters. The van der Waals surface area contributed by atoms with Gasteiger partial charge in [0.2, 0.25) is 11.8 Å². The summed E-state index contributed by atoms with van der Waals surface area (Å²) in [6.07, 6.45) is 0. The lowest BCUT2D eigenvalue weighted by Gasteiger charge is -2.18. The van der Waals surface area contributed by atoms with Crippen molar-refractivity contribution in [3.8, 4) is 0 Å². The van der Waals surface area contributed by atoms with E-state index >= 15 is 0 Å². The van der Waals surface area contributed by atoms with Crippen LogP contribution in [0.3, 0.4) is 0 Å². The number of amides is 2. The second-order valence-corrected chi connectivity index (χ2v) is 5.31. The predicted molar refractivity (Wildman–Crippen MR) is 77.1 cm³/mol. The van der Waals surface area contributed by atoms with Gasteiger partial charge in [-0.25, -0.2) is 0 Å². The number of likely N-dealkylation sites (N-methyl/N-ethyl adjacent to an activating group) is 1. The highest BCUT2D eigenvalue weighted by Crippen LogP contribution is 2.19. The number of nitrogens with one attached hydrogen (secondary N) is 3. The van der Waals surface area contributed by atoms with Gasteiger partial charge >= 0.3 is 0 Å². The Kier molecular flexibility index (Phi) is 4.92. The van der Waals surface area contributed by atoms with Crippen molar-refractivity contribution < 1.29 is 9.59 Å². The molecule has 0 fully saturated rings. The number of rotatable bonds is 4. The second kappa shape index (κ2) is 6.22. The first-order chi connectivity index (χ1) is 8.82. The van der Waals surface area contributed by atoms with Crippen LogP contribution < -0.4 is 16.0 Å². The number of carbonyl (C=O) groups is 2. The number of carbonyl (C=O) groups excluding carboxylic acids is 2. The van der Waals surface area contributed by atoms with Crippen molar-refractivity contribution in [2.75, 3.05) is 24.2 Å². The van der Waals surface area contributed by atoms with Crippen LogP contribution in [-0.4, -0.2) is 25.4 Å². The Morgan fingerprint density at radius 3 is 2.37 bits per heavy atom. The molecule has 2 amide bonds. The fourth-order valence-corrected chi connectivity index (χ4v) is 1.30. The molecular weight excluding hydrogens is 242 g/mol. The van der Waals surface area contributed by atoms with Crippen LogP contribution in [0.25, 0.3) is 0 Å². The highest BCUT2D eigenvalue weighted by Gasteiger charge is 2.21. The van der Waals surface area contributed by atoms with Gasteiger partial charge in [-0.3, -0.25) is 9.59 Å². The Morgan fingerprint density at radius 1 is 1.16 bits per heavy atom. The van der Waals surface area contributed by atoms with Crippen LogP contribution in [-0.2, 0) is 9.59 Å². The lowest BCUT2D eigenvalue weighted by atomic mass is 9.95. The zero-order valence-corrected chi connectivity index (χ0v) is 11.8. The first-order valence-electron chi connectivity index (χ1n) is 6.19. The lowest BCUT2D eigenvalue weighted by molar-refractivity contribution is -0.123. The maximum atomic E-state index is 11.9. The lowest BCUT2D eigenvalue weighted by Crippen LogP contribution is -2.28. The van der Waals surface area contributed by atoms with Gasteiger partial charge in [-0.2, -0.15) is 0 Å². The molecule has 0 radical (unpaired) electrons. The topological polar surface area (TPSA) is 70.2 Å². The van der Waals surface area contributed by atoms with Crippen LogP contribution in [0, 0.1) is 5.41 Å². The van der Waals surface area contributed by atoms with Crippen LogP contribution >= 0.6 is 0 Å². The van der Waals surface area contributed by atoms with Gasteiger partial charge in [0.1, 0.15) is 0 Å². The van der Waals surface area contributed by atoms with E-state index in [9.17, 15) is 9.59 Å². The van der Waals surface area contributed by atoms with E-state index in [4.69, 9.17) is 0 Å². The normalized spacial score (nSPS) is 10.7. The fraction of sp³-hybridized carbons (Fsp3) is 0.429. The molecule has 0 saturated carbocycles. The predicted octanol–water partition coefficient (Wildman–Crippen LogP) is 1.83. The summed E-state index contributed by atoms with van der Waals surface area (Å²) in [5, 5.41) is 8.36. The number of benzene rings is 1. The van der Waals surface area contributed by atoms with Crippen molar-refractivity contribution in [2.24, 2.45) is 5.41 Å². The molecule has 1 aromatic carbocycles. The van der Waals surface area contributed by atoms with Crippen molar-refractivity contribution in [1.82, 2.24) is 5.32 Å². The molecule has 0 bridgehead atoms. The molecule has 1 aromatic rings. The summed E-state index contributed by atoms with van der Waals surface area (Å²) in [7, 11) is 1.59. The molecule has 0 aliphatic heterocycles. The van der Waals surface area contributed by atoms with Crippen LogP contribution in [0.1, 0.15) is 20.8 Å². The highest BCUT2D eigenvalue weighted by atomic mass is 16.2. The monoisotopic (exact) mass is 263 g/mol. The number of hydrogen-bond donors (Lipinski definition) is 3. The SMILES string of the molecule is CNC(=O)CNc1cccc(NC(=O)C(C)(C)C)c1. The van der Waals surface area contributed by atoms with Gasteiger partial charge in [-0.15, -0.1) is 0 Å². The van der Waals surface area contributed by atoms with Crippen LogP contribution in [0.4, 0.5) is 11.4 Å². The van der Waals surface area contributed by atoms with E-state index in [-0.39, 0.29) is 18.4 Å². The Morgan fingerprint density at radius 2 is 1.79 bits per heavy atom. The zero-order valence-electron chi connectivity index (χ0n) is 11.8. The van der Waals surface area contributed by atoms with Crippen molar-refractivity contribution in [3.05, 3.63) is 24.3 Å². The first kappa shape index (κ1) is 15.0. The molecule has 0 heterocycles. The molecule has 5 heteroatoms. The molecular formula is C14H21N3O2. The average molecular weight is 263 g/mol. The van der Waals surface area contributed by atoms with E-state index in [1.54, 1.807) is 13.1 Å². The van der Waals surface area contributed by atoms with E-state index < -0.39 is 5.41 Å². The van der Waals surface area contributed by atoms with Crippen LogP contribution in [0.2, 0.25) is 0 Å². The van der Waals surface area contributed by atoms with E-state index in [1.807, 2.05) is 39.0 Å². The van der Waals surface area contributed by atoms with Crippen LogP contribution in [0.5, 0.6) is 0 Å². The van der Waals surface area contributed by atoms with E-state index in [0.717, 1.165) is 5.69 Å². The van der Waals surface area contributed by atoms with Crippen molar-refractivity contribution in [2.45, 2.75) is 20.8 Å². The maximum Gasteiger partial charge on any atom is 0.239 e. The molecule has 1 rings (SSSR count).